The van der Waals surface area contributed by atoms with Gasteiger partial charge >= 0.3 is 0 Å². The fourth-order valence-corrected chi connectivity index (χ4v) is 1.85. The Bertz CT molecular complexity index is 443. The Morgan fingerprint density at radius 3 is 2.71 bits per heavy atom. The van der Waals surface area contributed by atoms with E-state index in [-0.39, 0.29) is 0 Å². The summed E-state index contributed by atoms with van der Waals surface area (Å²) in [4.78, 5) is 6.72. The summed E-state index contributed by atoms with van der Waals surface area (Å²) in [5.41, 5.74) is 10.3. The van der Waals surface area contributed by atoms with Crippen LogP contribution < -0.4 is 5.73 Å². The van der Waals surface area contributed by atoms with Crippen LogP contribution in [-0.2, 0) is 0 Å². The lowest BCUT2D eigenvalue weighted by molar-refractivity contribution is 0.353. The van der Waals surface area contributed by atoms with Crippen molar-refractivity contribution in [2.24, 2.45) is 10.7 Å². The molecule has 0 aliphatic carbocycles. The molecule has 1 aromatic rings. The van der Waals surface area contributed by atoms with Crippen molar-refractivity contribution < 1.29 is 0 Å². The molecule has 1 heterocycles. The SMILES string of the molecule is Cc1ccc(N=CC2=C(N)CCN(C)C2)cc1. The van der Waals surface area contributed by atoms with Gasteiger partial charge < -0.3 is 10.6 Å². The third-order valence-electron chi connectivity index (χ3n) is 3.02. The van der Waals surface area contributed by atoms with Crippen molar-refractivity contribution in [1.82, 2.24) is 4.90 Å². The summed E-state index contributed by atoms with van der Waals surface area (Å²) in [6.45, 7) is 4.00. The molecule has 2 N–H and O–H groups in total. The van der Waals surface area contributed by atoms with Crippen LogP contribution in [0.3, 0.4) is 0 Å². The highest BCUT2D eigenvalue weighted by atomic mass is 15.1. The Balaban J connectivity index is 2.12. The van der Waals surface area contributed by atoms with Crippen molar-refractivity contribution in [3.05, 3.63) is 41.1 Å². The topological polar surface area (TPSA) is 41.6 Å². The van der Waals surface area contributed by atoms with E-state index in [4.69, 9.17) is 5.73 Å². The zero-order valence-electron chi connectivity index (χ0n) is 10.5. The third-order valence-corrected chi connectivity index (χ3v) is 3.02. The van der Waals surface area contributed by atoms with E-state index in [1.54, 1.807) is 0 Å². The Labute approximate surface area is 103 Å². The highest BCUT2D eigenvalue weighted by Gasteiger charge is 2.11. The van der Waals surface area contributed by atoms with Crippen LogP contribution in [0.25, 0.3) is 0 Å². The average Bonchev–Trinajstić information content (AvgIpc) is 2.32. The van der Waals surface area contributed by atoms with Gasteiger partial charge in [-0.2, -0.15) is 0 Å². The number of likely N-dealkylation sites (N-methyl/N-ethyl adjacent to an activating group) is 1. The zero-order valence-corrected chi connectivity index (χ0v) is 10.5. The smallest absolute Gasteiger partial charge is 0.0629 e. The molecule has 1 aliphatic rings. The number of hydrogen-bond donors (Lipinski definition) is 1. The van der Waals surface area contributed by atoms with Crippen LogP contribution in [0.5, 0.6) is 0 Å². The van der Waals surface area contributed by atoms with Gasteiger partial charge in [0.2, 0.25) is 0 Å². The van der Waals surface area contributed by atoms with E-state index in [1.165, 1.54) is 5.56 Å². The van der Waals surface area contributed by atoms with Gasteiger partial charge in [0.25, 0.3) is 0 Å². The number of hydrogen-bond acceptors (Lipinski definition) is 3. The lowest BCUT2D eigenvalue weighted by Crippen LogP contribution is -2.30. The monoisotopic (exact) mass is 229 g/mol. The average molecular weight is 229 g/mol. The number of nitrogens with zero attached hydrogens (tertiary/aromatic N) is 2. The first-order chi connectivity index (χ1) is 8.15. The minimum atomic E-state index is 0.890. The van der Waals surface area contributed by atoms with E-state index in [1.807, 2.05) is 18.3 Å². The quantitative estimate of drug-likeness (QED) is 0.790. The molecular weight excluding hydrogens is 210 g/mol. The first kappa shape index (κ1) is 11.9. The summed E-state index contributed by atoms with van der Waals surface area (Å²) in [7, 11) is 2.10. The minimum absolute atomic E-state index is 0.890. The van der Waals surface area contributed by atoms with Crippen molar-refractivity contribution in [3.8, 4) is 0 Å². The van der Waals surface area contributed by atoms with E-state index in [9.17, 15) is 0 Å². The predicted octanol–water partition coefficient (Wildman–Crippen LogP) is 2.25. The van der Waals surface area contributed by atoms with Crippen molar-refractivity contribution in [3.63, 3.8) is 0 Å². The summed E-state index contributed by atoms with van der Waals surface area (Å²) >= 11 is 0. The van der Waals surface area contributed by atoms with Crippen molar-refractivity contribution in [2.75, 3.05) is 20.1 Å². The van der Waals surface area contributed by atoms with Crippen LogP contribution in [0.1, 0.15) is 12.0 Å². The molecule has 0 saturated heterocycles. The second kappa shape index (κ2) is 5.15. The summed E-state index contributed by atoms with van der Waals surface area (Å²) < 4.78 is 0. The molecule has 90 valence electrons. The maximum absolute atomic E-state index is 5.99. The number of rotatable bonds is 2. The number of benzene rings is 1. The molecule has 1 aromatic carbocycles. The van der Waals surface area contributed by atoms with Gasteiger partial charge in [0.1, 0.15) is 0 Å². The highest BCUT2D eigenvalue weighted by molar-refractivity contribution is 5.82. The van der Waals surface area contributed by atoms with Crippen molar-refractivity contribution >= 4 is 11.9 Å². The largest absolute Gasteiger partial charge is 0.402 e. The Morgan fingerprint density at radius 2 is 2.00 bits per heavy atom. The lowest BCUT2D eigenvalue weighted by Gasteiger charge is -2.23. The first-order valence-corrected chi connectivity index (χ1v) is 5.92. The highest BCUT2D eigenvalue weighted by Crippen LogP contribution is 2.15. The number of nitrogens with two attached hydrogens (primary N) is 1. The predicted molar refractivity (Wildman–Crippen MR) is 72.7 cm³/mol. The van der Waals surface area contributed by atoms with Crippen molar-refractivity contribution in [1.29, 1.82) is 0 Å². The van der Waals surface area contributed by atoms with E-state index >= 15 is 0 Å². The van der Waals surface area contributed by atoms with Crippen LogP contribution in [0, 0.1) is 6.92 Å². The molecule has 3 nitrogen and oxygen atoms in total. The molecule has 1 aliphatic heterocycles. The minimum Gasteiger partial charge on any atom is -0.402 e. The lowest BCUT2D eigenvalue weighted by atomic mass is 10.1. The standard InChI is InChI=1S/C14H19N3/c1-11-3-5-13(6-4-11)16-9-12-10-17(2)8-7-14(12)15/h3-6,9H,7-8,10,15H2,1-2H3. The Kier molecular flexibility index (Phi) is 3.59. The van der Waals surface area contributed by atoms with Gasteiger partial charge in [0, 0.05) is 37.0 Å². The second-order valence-corrected chi connectivity index (χ2v) is 4.63. The van der Waals surface area contributed by atoms with Crippen LogP contribution in [0.2, 0.25) is 0 Å². The van der Waals surface area contributed by atoms with E-state index in [0.29, 0.717) is 0 Å². The molecule has 0 unspecified atom stereocenters. The number of aliphatic imine (C=N–C) groups is 1. The summed E-state index contributed by atoms with van der Waals surface area (Å²) in [6, 6.07) is 8.18. The van der Waals surface area contributed by atoms with Gasteiger partial charge in [0.05, 0.1) is 5.69 Å². The normalized spacial score (nSPS) is 18.0. The summed E-state index contributed by atoms with van der Waals surface area (Å²) in [6.07, 6.45) is 2.83. The van der Waals surface area contributed by atoms with Crippen LogP contribution >= 0.6 is 0 Å². The van der Waals surface area contributed by atoms with Crippen LogP contribution in [0.4, 0.5) is 5.69 Å². The van der Waals surface area contributed by atoms with Gasteiger partial charge in [-0.1, -0.05) is 17.7 Å². The first-order valence-electron chi connectivity index (χ1n) is 5.92. The molecule has 0 spiro atoms. The van der Waals surface area contributed by atoms with Gasteiger partial charge in [-0.3, -0.25) is 4.99 Å². The molecule has 3 heteroatoms. The molecule has 0 atom stereocenters. The Morgan fingerprint density at radius 1 is 1.29 bits per heavy atom. The fourth-order valence-electron chi connectivity index (χ4n) is 1.85. The summed E-state index contributed by atoms with van der Waals surface area (Å²) in [5, 5.41) is 0. The molecule has 17 heavy (non-hydrogen) atoms. The molecule has 2 rings (SSSR count). The second-order valence-electron chi connectivity index (χ2n) is 4.63. The van der Waals surface area contributed by atoms with Crippen LogP contribution in [-0.4, -0.2) is 31.3 Å². The molecule has 0 saturated carbocycles. The Hall–Kier alpha value is -1.61. The maximum Gasteiger partial charge on any atom is 0.0629 e. The van der Waals surface area contributed by atoms with Crippen molar-refractivity contribution in [2.45, 2.75) is 13.3 Å². The van der Waals surface area contributed by atoms with Crippen LogP contribution in [0.15, 0.2) is 40.5 Å². The maximum atomic E-state index is 5.99. The molecule has 0 aromatic heterocycles. The third kappa shape index (κ3) is 3.17. The van der Waals surface area contributed by atoms with Gasteiger partial charge in [-0.05, 0) is 26.1 Å². The van der Waals surface area contributed by atoms with Gasteiger partial charge in [-0.15, -0.1) is 0 Å². The molecule has 0 radical (unpaired) electrons. The fraction of sp³-hybridized carbons (Fsp3) is 0.357. The van der Waals surface area contributed by atoms with Gasteiger partial charge in [-0.25, -0.2) is 0 Å². The summed E-state index contributed by atoms with van der Waals surface area (Å²) in [5.74, 6) is 0. The van der Waals surface area contributed by atoms with E-state index in [0.717, 1.165) is 36.5 Å². The molecule has 0 fully saturated rings. The molecule has 0 amide bonds. The van der Waals surface area contributed by atoms with E-state index < -0.39 is 0 Å². The molecule has 0 bridgehead atoms. The molecular formula is C14H19N3. The number of aryl methyl sites for hydroxylation is 1. The van der Waals surface area contributed by atoms with E-state index in [2.05, 4.69) is 36.0 Å². The zero-order chi connectivity index (χ0) is 12.3. The van der Waals surface area contributed by atoms with Gasteiger partial charge in [0.15, 0.2) is 0 Å².